The third kappa shape index (κ3) is 3.81. The van der Waals surface area contributed by atoms with Crippen molar-refractivity contribution in [3.05, 3.63) is 35.9 Å². The molecule has 5 nitrogen and oxygen atoms in total. The predicted octanol–water partition coefficient (Wildman–Crippen LogP) is 1.55. The molecule has 0 atom stereocenters. The lowest BCUT2D eigenvalue weighted by molar-refractivity contribution is -0.131. The maximum Gasteiger partial charge on any atom is 0.357 e. The van der Waals surface area contributed by atoms with Gasteiger partial charge >= 0.3 is 5.97 Å². The van der Waals surface area contributed by atoms with Crippen molar-refractivity contribution in [2.24, 2.45) is 0 Å². The van der Waals surface area contributed by atoms with Crippen LogP contribution in [0, 0.1) is 0 Å². The number of carbonyl (C=O) groups is 1. The van der Waals surface area contributed by atoms with Crippen molar-refractivity contribution in [3.8, 4) is 0 Å². The first kappa shape index (κ1) is 14.5. The molecule has 2 heterocycles. The van der Waals surface area contributed by atoms with Crippen LogP contribution in [0.15, 0.2) is 30.3 Å². The lowest BCUT2D eigenvalue weighted by Gasteiger charge is -2.39. The number of carbonyl (C=O) groups excluding carboxylic acids is 1. The molecule has 3 rings (SSSR count). The number of nitrogens with zero attached hydrogens (tertiary/aromatic N) is 2. The third-order valence-electron chi connectivity index (χ3n) is 4.21. The molecule has 5 heteroatoms. The minimum Gasteiger partial charge on any atom is -0.379 e. The summed E-state index contributed by atoms with van der Waals surface area (Å²) in [6.07, 6.45) is 2.09. The average molecular weight is 290 g/mol. The average Bonchev–Trinajstić information content (AvgIpc) is 2.57. The molecule has 21 heavy (non-hydrogen) atoms. The minimum absolute atomic E-state index is 0.263. The van der Waals surface area contributed by atoms with Crippen molar-refractivity contribution in [1.29, 1.82) is 0 Å². The molecule has 114 valence electrons. The van der Waals surface area contributed by atoms with E-state index in [9.17, 15) is 4.79 Å². The van der Waals surface area contributed by atoms with Crippen molar-refractivity contribution in [3.63, 3.8) is 0 Å². The fraction of sp³-hybridized carbons (Fsp3) is 0.562. The summed E-state index contributed by atoms with van der Waals surface area (Å²) in [6, 6.07) is 9.75. The van der Waals surface area contributed by atoms with E-state index >= 15 is 0 Å². The van der Waals surface area contributed by atoms with Gasteiger partial charge in [0.15, 0.2) is 0 Å². The Hall–Kier alpha value is -1.43. The maximum absolute atomic E-state index is 12.0. The summed E-state index contributed by atoms with van der Waals surface area (Å²) >= 11 is 0. The summed E-state index contributed by atoms with van der Waals surface area (Å²) < 4.78 is 5.39. The van der Waals surface area contributed by atoms with E-state index in [4.69, 9.17) is 9.57 Å². The second kappa shape index (κ2) is 7.02. The van der Waals surface area contributed by atoms with Gasteiger partial charge in [-0.2, -0.15) is 0 Å². The number of morpholine rings is 1. The molecule has 0 spiro atoms. The summed E-state index contributed by atoms with van der Waals surface area (Å²) in [5, 5.41) is 1.80. The van der Waals surface area contributed by atoms with E-state index in [1.54, 1.807) is 17.2 Å². The number of benzene rings is 1. The topological polar surface area (TPSA) is 42.0 Å². The molecular weight excluding hydrogens is 268 g/mol. The van der Waals surface area contributed by atoms with Crippen LogP contribution in [0.3, 0.4) is 0 Å². The van der Waals surface area contributed by atoms with E-state index in [-0.39, 0.29) is 5.97 Å². The Bertz CT molecular complexity index is 452. The number of hydrogen-bond donors (Lipinski definition) is 0. The molecule has 2 saturated heterocycles. The Labute approximate surface area is 125 Å². The molecule has 0 N–H and O–H groups in total. The smallest absolute Gasteiger partial charge is 0.357 e. The number of hydrogen-bond acceptors (Lipinski definition) is 5. The first-order valence-electron chi connectivity index (χ1n) is 7.67. The van der Waals surface area contributed by atoms with Crippen LogP contribution in [0.4, 0.5) is 0 Å². The van der Waals surface area contributed by atoms with Crippen LogP contribution in [0.5, 0.6) is 0 Å². The van der Waals surface area contributed by atoms with E-state index in [1.165, 1.54) is 0 Å². The minimum atomic E-state index is -0.263. The van der Waals surface area contributed by atoms with Crippen LogP contribution >= 0.6 is 0 Å². The number of hydroxylamine groups is 2. The molecule has 0 unspecified atom stereocenters. The lowest BCUT2D eigenvalue weighted by atomic mass is 10.0. The van der Waals surface area contributed by atoms with E-state index < -0.39 is 0 Å². The van der Waals surface area contributed by atoms with Crippen molar-refractivity contribution in [2.75, 3.05) is 39.4 Å². The van der Waals surface area contributed by atoms with Gasteiger partial charge < -0.3 is 9.57 Å². The summed E-state index contributed by atoms with van der Waals surface area (Å²) in [4.78, 5) is 20.0. The van der Waals surface area contributed by atoms with Gasteiger partial charge in [0, 0.05) is 32.2 Å². The monoisotopic (exact) mass is 290 g/mol. The maximum atomic E-state index is 12.0. The highest BCUT2D eigenvalue weighted by Gasteiger charge is 2.27. The predicted molar refractivity (Wildman–Crippen MR) is 78.8 cm³/mol. The fourth-order valence-electron chi connectivity index (χ4n) is 2.99. The van der Waals surface area contributed by atoms with E-state index in [0.29, 0.717) is 11.6 Å². The molecule has 2 aliphatic rings. The van der Waals surface area contributed by atoms with Crippen molar-refractivity contribution >= 4 is 5.97 Å². The molecule has 0 aliphatic carbocycles. The van der Waals surface area contributed by atoms with Crippen LogP contribution in [-0.4, -0.2) is 61.4 Å². The summed E-state index contributed by atoms with van der Waals surface area (Å²) in [5.41, 5.74) is 0.604. The van der Waals surface area contributed by atoms with Gasteiger partial charge in [-0.25, -0.2) is 4.79 Å². The normalized spacial score (nSPS) is 22.1. The Morgan fingerprint density at radius 2 is 1.71 bits per heavy atom. The SMILES string of the molecule is O=C(ON1CCC(N2CCOCC2)CC1)c1ccccc1. The van der Waals surface area contributed by atoms with Crippen molar-refractivity contribution < 1.29 is 14.4 Å². The van der Waals surface area contributed by atoms with Gasteiger partial charge in [-0.15, -0.1) is 5.06 Å². The number of rotatable bonds is 3. The van der Waals surface area contributed by atoms with E-state index in [0.717, 1.165) is 52.2 Å². The van der Waals surface area contributed by atoms with Gasteiger partial charge in [0.25, 0.3) is 0 Å². The van der Waals surface area contributed by atoms with Crippen molar-refractivity contribution in [1.82, 2.24) is 9.96 Å². The zero-order valence-corrected chi connectivity index (χ0v) is 12.2. The highest BCUT2D eigenvalue weighted by atomic mass is 16.7. The third-order valence-corrected chi connectivity index (χ3v) is 4.21. The van der Waals surface area contributed by atoms with Gasteiger partial charge in [0.1, 0.15) is 0 Å². The number of piperidine rings is 1. The Morgan fingerprint density at radius 3 is 2.38 bits per heavy atom. The summed E-state index contributed by atoms with van der Waals surface area (Å²) in [6.45, 7) is 5.33. The fourth-order valence-corrected chi connectivity index (χ4v) is 2.99. The highest BCUT2D eigenvalue weighted by molar-refractivity contribution is 5.89. The molecule has 0 amide bonds. The summed E-state index contributed by atoms with van der Waals surface area (Å²) in [5.74, 6) is -0.263. The molecule has 2 aliphatic heterocycles. The van der Waals surface area contributed by atoms with Crippen LogP contribution in [-0.2, 0) is 9.57 Å². The molecule has 0 saturated carbocycles. The first-order valence-corrected chi connectivity index (χ1v) is 7.67. The quantitative estimate of drug-likeness (QED) is 0.845. The second-order valence-electron chi connectivity index (χ2n) is 5.55. The van der Waals surface area contributed by atoms with Gasteiger partial charge in [-0.1, -0.05) is 18.2 Å². The molecule has 0 radical (unpaired) electrons. The second-order valence-corrected chi connectivity index (χ2v) is 5.55. The standard InChI is InChI=1S/C16H22N2O3/c19-16(14-4-2-1-3-5-14)21-18-8-6-15(7-9-18)17-10-12-20-13-11-17/h1-5,15H,6-13H2. The van der Waals surface area contributed by atoms with Crippen LogP contribution < -0.4 is 0 Å². The Morgan fingerprint density at radius 1 is 1.05 bits per heavy atom. The molecule has 1 aromatic carbocycles. The molecule has 1 aromatic rings. The van der Waals surface area contributed by atoms with Gasteiger partial charge in [0.2, 0.25) is 0 Å². The van der Waals surface area contributed by atoms with Crippen LogP contribution in [0.1, 0.15) is 23.2 Å². The Kier molecular flexibility index (Phi) is 4.85. The largest absolute Gasteiger partial charge is 0.379 e. The molecule has 2 fully saturated rings. The molecular formula is C16H22N2O3. The lowest BCUT2D eigenvalue weighted by Crippen LogP contribution is -2.49. The Balaban J connectivity index is 1.46. The molecule has 0 bridgehead atoms. The van der Waals surface area contributed by atoms with Crippen molar-refractivity contribution in [2.45, 2.75) is 18.9 Å². The molecule has 0 aromatic heterocycles. The van der Waals surface area contributed by atoms with Crippen LogP contribution in [0.2, 0.25) is 0 Å². The van der Waals surface area contributed by atoms with Gasteiger partial charge in [-0.3, -0.25) is 4.90 Å². The van der Waals surface area contributed by atoms with Gasteiger partial charge in [0.05, 0.1) is 18.8 Å². The van der Waals surface area contributed by atoms with Gasteiger partial charge in [-0.05, 0) is 25.0 Å². The van der Waals surface area contributed by atoms with Crippen LogP contribution in [0.25, 0.3) is 0 Å². The number of ether oxygens (including phenoxy) is 1. The first-order chi connectivity index (χ1) is 10.3. The highest BCUT2D eigenvalue weighted by Crippen LogP contribution is 2.18. The zero-order chi connectivity index (χ0) is 14.5. The van der Waals surface area contributed by atoms with E-state index in [2.05, 4.69) is 4.90 Å². The van der Waals surface area contributed by atoms with E-state index in [1.807, 2.05) is 18.2 Å². The summed E-state index contributed by atoms with van der Waals surface area (Å²) in [7, 11) is 0. The zero-order valence-electron chi connectivity index (χ0n) is 12.2.